The molecule has 2 aliphatic heterocycles. The van der Waals surface area contributed by atoms with Crippen molar-refractivity contribution in [1.29, 1.82) is 0 Å². The normalized spacial score (nSPS) is 14.4. The third-order valence-electron chi connectivity index (χ3n) is 3.80. The van der Waals surface area contributed by atoms with Crippen molar-refractivity contribution < 1.29 is 29.2 Å². The van der Waals surface area contributed by atoms with Gasteiger partial charge in [0.2, 0.25) is 25.1 Å². The summed E-state index contributed by atoms with van der Waals surface area (Å²) in [5.74, 6) is 1.88. The van der Waals surface area contributed by atoms with Gasteiger partial charge in [-0.2, -0.15) is 0 Å². The smallest absolute Gasteiger partial charge is 0.231 e. The maximum atomic E-state index is 10.2. The number of phenols is 2. The van der Waals surface area contributed by atoms with E-state index in [1.165, 1.54) is 6.07 Å². The van der Waals surface area contributed by atoms with Crippen molar-refractivity contribution >= 4 is 0 Å². The molecular formula is C16H14O6. The Balaban J connectivity index is 1.56. The van der Waals surface area contributed by atoms with E-state index in [0.29, 0.717) is 18.4 Å². The first kappa shape index (κ1) is 12.9. The number of fused-ring (bicyclic) bond motifs is 2. The van der Waals surface area contributed by atoms with Crippen LogP contribution in [0.1, 0.15) is 11.1 Å². The van der Waals surface area contributed by atoms with Crippen molar-refractivity contribution in [3.63, 3.8) is 0 Å². The van der Waals surface area contributed by atoms with E-state index in [1.54, 1.807) is 0 Å². The Bertz CT molecular complexity index is 740. The van der Waals surface area contributed by atoms with Crippen LogP contribution in [0.25, 0.3) is 0 Å². The molecule has 0 unspecified atom stereocenters. The minimum absolute atomic E-state index is 0.00205. The zero-order chi connectivity index (χ0) is 15.1. The SMILES string of the molecule is Oc1cc(CCc2ccc3c(c2)OCO3)c(O)c2c1OCO2. The van der Waals surface area contributed by atoms with Gasteiger partial charge in [0.15, 0.2) is 23.0 Å². The molecule has 6 heteroatoms. The highest BCUT2D eigenvalue weighted by molar-refractivity contribution is 5.62. The summed E-state index contributed by atoms with van der Waals surface area (Å²) in [6.45, 7) is 0.248. The van der Waals surface area contributed by atoms with Gasteiger partial charge in [-0.05, 0) is 36.6 Å². The lowest BCUT2D eigenvalue weighted by Gasteiger charge is -2.09. The second kappa shape index (κ2) is 4.91. The Labute approximate surface area is 126 Å². The fourth-order valence-corrected chi connectivity index (χ4v) is 2.66. The molecule has 0 saturated carbocycles. The van der Waals surface area contributed by atoms with Gasteiger partial charge in [0.1, 0.15) is 0 Å². The predicted molar refractivity (Wildman–Crippen MR) is 75.9 cm³/mol. The summed E-state index contributed by atoms with van der Waals surface area (Å²) in [5, 5.41) is 20.1. The van der Waals surface area contributed by atoms with E-state index in [2.05, 4.69) is 0 Å². The fraction of sp³-hybridized carbons (Fsp3) is 0.250. The van der Waals surface area contributed by atoms with E-state index in [4.69, 9.17) is 18.9 Å². The van der Waals surface area contributed by atoms with Gasteiger partial charge in [-0.3, -0.25) is 0 Å². The largest absolute Gasteiger partial charge is 0.504 e. The zero-order valence-electron chi connectivity index (χ0n) is 11.7. The number of phenolic OH excluding ortho intramolecular Hbond substituents is 2. The van der Waals surface area contributed by atoms with Crippen molar-refractivity contribution in [1.82, 2.24) is 0 Å². The van der Waals surface area contributed by atoms with E-state index < -0.39 is 0 Å². The maximum absolute atomic E-state index is 10.2. The van der Waals surface area contributed by atoms with Gasteiger partial charge >= 0.3 is 0 Å². The molecule has 0 bridgehead atoms. The standard InChI is InChI=1S/C16H14O6/c17-11-6-10(14(18)16-15(11)21-8-22-16)3-1-9-2-4-12-13(5-9)20-7-19-12/h2,4-6,17-18H,1,3,7-8H2. The minimum Gasteiger partial charge on any atom is -0.504 e. The molecule has 0 aromatic heterocycles. The fourth-order valence-electron chi connectivity index (χ4n) is 2.66. The number of hydrogen-bond acceptors (Lipinski definition) is 6. The summed E-state index contributed by atoms with van der Waals surface area (Å²) in [4.78, 5) is 0. The van der Waals surface area contributed by atoms with Crippen LogP contribution in [0.15, 0.2) is 24.3 Å². The number of benzene rings is 2. The molecule has 0 fully saturated rings. The third kappa shape index (κ3) is 2.04. The molecule has 2 heterocycles. The summed E-state index contributed by atoms with van der Waals surface area (Å²) in [7, 11) is 0. The van der Waals surface area contributed by atoms with E-state index in [9.17, 15) is 10.2 Å². The first-order chi connectivity index (χ1) is 10.7. The molecule has 0 radical (unpaired) electrons. The van der Waals surface area contributed by atoms with Crippen LogP contribution < -0.4 is 18.9 Å². The highest BCUT2D eigenvalue weighted by atomic mass is 16.7. The molecule has 0 aliphatic carbocycles. The lowest BCUT2D eigenvalue weighted by molar-refractivity contribution is 0.169. The molecule has 4 rings (SSSR count). The number of ether oxygens (including phenoxy) is 4. The second-order valence-electron chi connectivity index (χ2n) is 5.16. The van der Waals surface area contributed by atoms with E-state index in [1.807, 2.05) is 18.2 Å². The third-order valence-corrected chi connectivity index (χ3v) is 3.80. The number of aromatic hydroxyl groups is 2. The molecule has 0 amide bonds. The van der Waals surface area contributed by atoms with Crippen molar-refractivity contribution in [3.05, 3.63) is 35.4 Å². The number of rotatable bonds is 3. The van der Waals surface area contributed by atoms with Crippen molar-refractivity contribution in [2.24, 2.45) is 0 Å². The Hall–Kier alpha value is -2.76. The lowest BCUT2D eigenvalue weighted by atomic mass is 10.0. The summed E-state index contributed by atoms with van der Waals surface area (Å²) in [6, 6.07) is 7.26. The van der Waals surface area contributed by atoms with Crippen molar-refractivity contribution in [3.8, 4) is 34.5 Å². The van der Waals surface area contributed by atoms with Crippen LogP contribution in [0.3, 0.4) is 0 Å². The van der Waals surface area contributed by atoms with E-state index in [-0.39, 0.29) is 36.6 Å². The molecule has 2 aromatic carbocycles. The Morgan fingerprint density at radius 1 is 0.818 bits per heavy atom. The molecule has 114 valence electrons. The van der Waals surface area contributed by atoms with Gasteiger partial charge in [0, 0.05) is 5.56 Å². The topological polar surface area (TPSA) is 77.4 Å². The van der Waals surface area contributed by atoms with Gasteiger partial charge in [-0.25, -0.2) is 0 Å². The van der Waals surface area contributed by atoms with Gasteiger partial charge < -0.3 is 29.2 Å². The molecule has 2 aliphatic rings. The van der Waals surface area contributed by atoms with Crippen LogP contribution in [0.4, 0.5) is 0 Å². The van der Waals surface area contributed by atoms with Gasteiger partial charge in [0.25, 0.3) is 0 Å². The average Bonchev–Trinajstić information content (AvgIpc) is 3.17. The summed E-state index contributed by atoms with van der Waals surface area (Å²) < 4.78 is 20.9. The number of hydrogen-bond donors (Lipinski definition) is 2. The first-order valence-electron chi connectivity index (χ1n) is 6.94. The van der Waals surface area contributed by atoms with E-state index in [0.717, 1.165) is 17.1 Å². The van der Waals surface area contributed by atoms with Crippen LogP contribution in [0.5, 0.6) is 34.5 Å². The van der Waals surface area contributed by atoms with Gasteiger partial charge in [0.05, 0.1) is 0 Å². The molecule has 0 saturated heterocycles. The van der Waals surface area contributed by atoms with Gasteiger partial charge in [-0.15, -0.1) is 0 Å². The quantitative estimate of drug-likeness (QED) is 0.847. The monoisotopic (exact) mass is 302 g/mol. The predicted octanol–water partition coefficient (Wildman–Crippen LogP) is 2.34. The first-order valence-corrected chi connectivity index (χ1v) is 6.94. The molecule has 0 spiro atoms. The van der Waals surface area contributed by atoms with Crippen molar-refractivity contribution in [2.45, 2.75) is 12.8 Å². The average molecular weight is 302 g/mol. The lowest BCUT2D eigenvalue weighted by Crippen LogP contribution is -1.94. The highest BCUT2D eigenvalue weighted by Crippen LogP contribution is 2.48. The minimum atomic E-state index is -0.0222. The molecule has 22 heavy (non-hydrogen) atoms. The second-order valence-corrected chi connectivity index (χ2v) is 5.16. The van der Waals surface area contributed by atoms with Crippen LogP contribution in [-0.2, 0) is 12.8 Å². The molecule has 2 aromatic rings. The Morgan fingerprint density at radius 2 is 1.59 bits per heavy atom. The zero-order valence-corrected chi connectivity index (χ0v) is 11.7. The molecule has 2 N–H and O–H groups in total. The maximum Gasteiger partial charge on any atom is 0.231 e. The van der Waals surface area contributed by atoms with Crippen molar-refractivity contribution in [2.75, 3.05) is 13.6 Å². The van der Waals surface area contributed by atoms with Crippen LogP contribution >= 0.6 is 0 Å². The molecule has 6 nitrogen and oxygen atoms in total. The van der Waals surface area contributed by atoms with Crippen LogP contribution in [0.2, 0.25) is 0 Å². The van der Waals surface area contributed by atoms with Crippen LogP contribution in [-0.4, -0.2) is 23.8 Å². The molecule has 0 atom stereocenters. The summed E-state index contributed by atoms with van der Waals surface area (Å²) in [5.41, 5.74) is 1.67. The molecular weight excluding hydrogens is 288 g/mol. The summed E-state index contributed by atoms with van der Waals surface area (Å²) in [6.07, 6.45) is 1.24. The van der Waals surface area contributed by atoms with Crippen LogP contribution in [0, 0.1) is 0 Å². The Morgan fingerprint density at radius 3 is 2.50 bits per heavy atom. The summed E-state index contributed by atoms with van der Waals surface area (Å²) >= 11 is 0. The van der Waals surface area contributed by atoms with Gasteiger partial charge in [-0.1, -0.05) is 6.07 Å². The highest BCUT2D eigenvalue weighted by Gasteiger charge is 2.25. The Kier molecular flexibility index (Phi) is 2.89. The number of aryl methyl sites for hydroxylation is 2. The van der Waals surface area contributed by atoms with E-state index >= 15 is 0 Å².